The Morgan fingerprint density at radius 2 is 1.95 bits per heavy atom. The van der Waals surface area contributed by atoms with Gasteiger partial charge in [0.05, 0.1) is 34.2 Å². The van der Waals surface area contributed by atoms with Crippen LogP contribution in [0.15, 0.2) is 59.8 Å². The summed E-state index contributed by atoms with van der Waals surface area (Å²) >= 11 is 13.0. The van der Waals surface area contributed by atoms with Crippen molar-refractivity contribution in [2.75, 3.05) is 50.1 Å². The summed E-state index contributed by atoms with van der Waals surface area (Å²) < 4.78 is 7.67. The molecule has 2 saturated heterocycles. The number of hydrogen-bond donors (Lipinski definition) is 1. The number of carboxylic acid groups (broad SMARTS) is 1. The minimum absolute atomic E-state index is 0.00103. The second-order valence-corrected chi connectivity index (χ2v) is 12.0. The lowest BCUT2D eigenvalue weighted by Crippen LogP contribution is -2.34. The van der Waals surface area contributed by atoms with E-state index in [0.29, 0.717) is 39.8 Å². The highest BCUT2D eigenvalue weighted by molar-refractivity contribution is 6.34. The summed E-state index contributed by atoms with van der Waals surface area (Å²) in [5, 5.41) is 10.9. The third-order valence-electron chi connectivity index (χ3n) is 8.35. The van der Waals surface area contributed by atoms with Crippen LogP contribution in [0.2, 0.25) is 10.0 Å². The smallest absolute Gasteiger partial charge is 0.341 e. The van der Waals surface area contributed by atoms with E-state index < -0.39 is 11.4 Å². The van der Waals surface area contributed by atoms with Crippen molar-refractivity contribution in [3.63, 3.8) is 0 Å². The highest BCUT2D eigenvalue weighted by Crippen LogP contribution is 2.36. The molecule has 6 rings (SSSR count). The number of likely N-dealkylation sites (N-methyl/N-ethyl adjacent to an activating group) is 1. The average Bonchev–Trinajstić information content (AvgIpc) is 3.68. The van der Waals surface area contributed by atoms with Gasteiger partial charge in [0.1, 0.15) is 23.0 Å². The number of halogens is 2. The molecule has 4 aromatic rings. The van der Waals surface area contributed by atoms with Crippen LogP contribution in [0.4, 0.5) is 11.5 Å². The number of aromatic carboxylic acids is 1. The largest absolute Gasteiger partial charge is 0.477 e. The fourth-order valence-electron chi connectivity index (χ4n) is 5.98. The fraction of sp³-hybridized carbons (Fsp3) is 0.355. The topological polar surface area (TPSA) is 104 Å². The van der Waals surface area contributed by atoms with E-state index in [1.165, 1.54) is 6.20 Å². The fourth-order valence-corrected chi connectivity index (χ4v) is 6.43. The molecular formula is C31H32Cl2N6O4. The molecule has 0 bridgehead atoms. The van der Waals surface area contributed by atoms with Crippen LogP contribution in [0.25, 0.3) is 16.6 Å². The van der Waals surface area contributed by atoms with Gasteiger partial charge in [-0.2, -0.15) is 0 Å². The minimum Gasteiger partial charge on any atom is -0.477 e. The van der Waals surface area contributed by atoms with Gasteiger partial charge in [-0.3, -0.25) is 4.79 Å². The molecule has 5 heterocycles. The first-order valence-corrected chi connectivity index (χ1v) is 15.0. The zero-order chi connectivity index (χ0) is 30.2. The first-order chi connectivity index (χ1) is 20.7. The van der Waals surface area contributed by atoms with Crippen LogP contribution in [0, 0.1) is 0 Å². The number of ether oxygens (including phenoxy) is 1. The number of rotatable bonds is 8. The van der Waals surface area contributed by atoms with Gasteiger partial charge in [-0.05, 0) is 69.8 Å². The van der Waals surface area contributed by atoms with Crippen LogP contribution >= 0.6 is 23.2 Å². The van der Waals surface area contributed by atoms with Crippen molar-refractivity contribution < 1.29 is 14.6 Å². The summed E-state index contributed by atoms with van der Waals surface area (Å²) in [6.45, 7) is 2.89. The van der Waals surface area contributed by atoms with E-state index in [9.17, 15) is 14.7 Å². The molecule has 0 unspecified atom stereocenters. The summed E-state index contributed by atoms with van der Waals surface area (Å²) in [5.41, 5.74) is 0.985. The minimum atomic E-state index is -1.30. The molecule has 224 valence electrons. The second kappa shape index (κ2) is 12.0. The van der Waals surface area contributed by atoms with E-state index in [0.717, 1.165) is 50.4 Å². The van der Waals surface area contributed by atoms with Gasteiger partial charge in [0.2, 0.25) is 11.3 Å². The van der Waals surface area contributed by atoms with Crippen molar-refractivity contribution in [3.8, 4) is 11.6 Å². The third kappa shape index (κ3) is 5.74. The zero-order valence-electron chi connectivity index (χ0n) is 23.9. The van der Waals surface area contributed by atoms with Crippen LogP contribution in [0.3, 0.4) is 0 Å². The van der Waals surface area contributed by atoms with Crippen molar-refractivity contribution >= 4 is 51.6 Å². The molecule has 2 atom stereocenters. The Balaban J connectivity index is 1.37. The summed E-state index contributed by atoms with van der Waals surface area (Å²) in [5.74, 6) is -0.0755. The number of benzene rings is 1. The monoisotopic (exact) mass is 622 g/mol. The van der Waals surface area contributed by atoms with Crippen molar-refractivity contribution in [1.82, 2.24) is 19.4 Å². The summed E-state index contributed by atoms with van der Waals surface area (Å²) in [6.07, 6.45) is 7.58. The number of carboxylic acids is 1. The van der Waals surface area contributed by atoms with Crippen molar-refractivity contribution in [3.05, 3.63) is 80.8 Å². The maximum atomic E-state index is 13.3. The summed E-state index contributed by atoms with van der Waals surface area (Å²) in [6, 6.07) is 11.2. The van der Waals surface area contributed by atoms with Gasteiger partial charge >= 0.3 is 5.97 Å². The van der Waals surface area contributed by atoms with E-state index in [4.69, 9.17) is 32.9 Å². The molecular weight excluding hydrogens is 591 g/mol. The van der Waals surface area contributed by atoms with Crippen molar-refractivity contribution in [1.29, 1.82) is 0 Å². The van der Waals surface area contributed by atoms with Gasteiger partial charge in [-0.25, -0.2) is 14.8 Å². The Morgan fingerprint density at radius 1 is 1.12 bits per heavy atom. The number of aromatic nitrogens is 3. The van der Waals surface area contributed by atoms with Gasteiger partial charge in [0.15, 0.2) is 0 Å². The first kappa shape index (κ1) is 29.2. The Kier molecular flexibility index (Phi) is 8.17. The molecule has 2 fully saturated rings. The van der Waals surface area contributed by atoms with E-state index in [1.807, 2.05) is 18.2 Å². The number of hydrogen-bond acceptors (Lipinski definition) is 8. The van der Waals surface area contributed by atoms with Gasteiger partial charge in [-0.1, -0.05) is 23.2 Å². The normalized spacial score (nSPS) is 18.6. The Bertz CT molecular complexity index is 1730. The number of nitrogens with zero attached hydrogens (tertiary/aromatic N) is 6. The molecule has 0 radical (unpaired) electrons. The molecule has 12 heteroatoms. The Hall–Kier alpha value is -3.86. The molecule has 0 spiro atoms. The number of pyridine rings is 3. The quantitative estimate of drug-likeness (QED) is 0.291. The Morgan fingerprint density at radius 3 is 2.65 bits per heavy atom. The van der Waals surface area contributed by atoms with E-state index >= 15 is 0 Å². The first-order valence-electron chi connectivity index (χ1n) is 14.2. The number of anilines is 2. The molecule has 10 nitrogen and oxygen atoms in total. The van der Waals surface area contributed by atoms with Crippen molar-refractivity contribution in [2.45, 2.75) is 31.3 Å². The van der Waals surface area contributed by atoms with Gasteiger partial charge < -0.3 is 29.1 Å². The molecule has 3 aromatic heterocycles. The lowest BCUT2D eigenvalue weighted by atomic mass is 10.1. The summed E-state index contributed by atoms with van der Waals surface area (Å²) in [7, 11) is 4.17. The third-order valence-corrected chi connectivity index (χ3v) is 8.94. The van der Waals surface area contributed by atoms with Crippen LogP contribution in [0.1, 0.15) is 29.6 Å². The second-order valence-electron chi connectivity index (χ2n) is 11.2. The lowest BCUT2D eigenvalue weighted by molar-refractivity contribution is 0.0695. The van der Waals surface area contributed by atoms with Gasteiger partial charge in [0, 0.05) is 43.5 Å². The van der Waals surface area contributed by atoms with E-state index in [2.05, 4.69) is 33.8 Å². The van der Waals surface area contributed by atoms with Crippen LogP contribution in [-0.2, 0) is 0 Å². The molecule has 43 heavy (non-hydrogen) atoms. The lowest BCUT2D eigenvalue weighted by Gasteiger charge is -2.28. The van der Waals surface area contributed by atoms with Gasteiger partial charge in [-0.15, -0.1) is 0 Å². The highest BCUT2D eigenvalue weighted by Gasteiger charge is 2.29. The number of carbonyl (C=O) groups is 1. The molecule has 2 aliphatic rings. The van der Waals surface area contributed by atoms with Crippen LogP contribution in [0.5, 0.6) is 5.88 Å². The molecule has 1 N–H and O–H groups in total. The van der Waals surface area contributed by atoms with E-state index in [1.54, 1.807) is 35.2 Å². The van der Waals surface area contributed by atoms with Crippen LogP contribution < -0.4 is 20.0 Å². The molecule has 0 amide bonds. The average molecular weight is 624 g/mol. The Labute approximate surface area is 259 Å². The maximum absolute atomic E-state index is 13.3. The van der Waals surface area contributed by atoms with Gasteiger partial charge in [0.25, 0.3) is 0 Å². The molecule has 0 saturated carbocycles. The van der Waals surface area contributed by atoms with Crippen LogP contribution in [-0.4, -0.2) is 82.9 Å². The predicted octanol–water partition coefficient (Wildman–Crippen LogP) is 4.97. The highest BCUT2D eigenvalue weighted by atomic mass is 35.5. The molecule has 1 aromatic carbocycles. The van der Waals surface area contributed by atoms with E-state index in [-0.39, 0.29) is 17.0 Å². The van der Waals surface area contributed by atoms with Crippen molar-refractivity contribution in [2.24, 2.45) is 0 Å². The molecule has 0 aliphatic carbocycles. The SMILES string of the molecule is CN(C)[C@@H]1CCN(c2ccc(-n3cc(C(=O)O)c(=O)c4cc(Cl)c(N5CCC[C@@H]5COc5ncccc5Cl)cc43)cn2)C1. The maximum Gasteiger partial charge on any atom is 0.341 e. The zero-order valence-corrected chi connectivity index (χ0v) is 25.4. The summed E-state index contributed by atoms with van der Waals surface area (Å²) in [4.78, 5) is 40.9. The predicted molar refractivity (Wildman–Crippen MR) is 169 cm³/mol. The standard InChI is InChI=1S/C31H32Cl2N6O4/c1-36(2)20-9-12-37(16-20)28-8-7-19(15-35-28)39-17-23(31(41)42)29(40)22-13-25(33)27(14-26(22)39)38-11-4-5-21(38)18-43-30-24(32)6-3-10-34-30/h3,6-8,10,13-15,17,20-21H,4-5,9,11-12,16,18H2,1-2H3,(H,41,42)/t20-,21-/m1/s1. The molecule has 2 aliphatic heterocycles. The number of fused-ring (bicyclic) bond motifs is 1.